The van der Waals surface area contributed by atoms with Crippen LogP contribution in [-0.2, 0) is 15.1 Å². The first-order chi connectivity index (χ1) is 14.3. The number of aliphatic hydroxyl groups excluding tert-OH is 1. The lowest BCUT2D eigenvalue weighted by molar-refractivity contribution is -0.143. The number of allylic oxidation sites excluding steroid dienone is 5. The average Bonchev–Trinajstić information content (AvgIpc) is 2.80. The van der Waals surface area contributed by atoms with Gasteiger partial charge in [-0.3, -0.25) is 0 Å². The number of phenolic OH excluding ortho intramolecular Hbond substituents is 1. The number of rotatable bonds is 2. The summed E-state index contributed by atoms with van der Waals surface area (Å²) in [5.41, 5.74) is 0.543. The number of hydrogen-bond acceptors (Lipinski definition) is 6. The minimum absolute atomic E-state index is 0.000417. The Kier molecular flexibility index (Phi) is 4.83. The fraction of sp³-hybridized carbons (Fsp3) is 0.130. The van der Waals surface area contributed by atoms with E-state index in [9.17, 15) is 15.0 Å². The monoisotopic (exact) mass is 421 g/mol. The van der Waals surface area contributed by atoms with Gasteiger partial charge in [0.05, 0.1) is 10.6 Å². The molecule has 0 bridgehead atoms. The topological polar surface area (TPSA) is 88.0 Å². The predicted octanol–water partition coefficient (Wildman–Crippen LogP) is 4.13. The highest BCUT2D eigenvalue weighted by Gasteiger charge is 2.56. The minimum atomic E-state index is -1.32. The van der Waals surface area contributed by atoms with Gasteiger partial charge < -0.3 is 25.0 Å². The van der Waals surface area contributed by atoms with Gasteiger partial charge in [0, 0.05) is 35.1 Å². The van der Waals surface area contributed by atoms with Crippen LogP contribution in [0.2, 0.25) is 0 Å². The van der Waals surface area contributed by atoms with E-state index in [1.807, 2.05) is 6.08 Å². The molecule has 1 aromatic rings. The van der Waals surface area contributed by atoms with Crippen LogP contribution in [0.3, 0.4) is 0 Å². The zero-order chi connectivity index (χ0) is 21.5. The number of aromatic hydroxyl groups is 1. The summed E-state index contributed by atoms with van der Waals surface area (Å²) in [5, 5.41) is 23.0. The van der Waals surface area contributed by atoms with Gasteiger partial charge in [-0.05, 0) is 37.6 Å². The number of fused-ring (bicyclic) bond motifs is 4. The maximum Gasteiger partial charge on any atom is 0.339 e. The molecule has 1 aromatic carbocycles. The van der Waals surface area contributed by atoms with Crippen molar-refractivity contribution in [3.05, 3.63) is 95.2 Å². The number of phenols is 1. The van der Waals surface area contributed by atoms with E-state index >= 15 is 0 Å². The van der Waals surface area contributed by atoms with Gasteiger partial charge in [-0.25, -0.2) is 4.79 Å². The van der Waals surface area contributed by atoms with E-state index in [0.29, 0.717) is 39.6 Å². The fourth-order valence-corrected chi connectivity index (χ4v) is 3.79. The first-order valence-corrected chi connectivity index (χ1v) is 9.64. The maximum atomic E-state index is 12.7. The third-order valence-corrected chi connectivity index (χ3v) is 5.10. The number of benzene rings is 1. The molecule has 2 aliphatic heterocycles. The van der Waals surface area contributed by atoms with E-state index in [2.05, 4.69) is 11.9 Å². The van der Waals surface area contributed by atoms with Gasteiger partial charge in [-0.1, -0.05) is 30.9 Å². The third-order valence-electron chi connectivity index (χ3n) is 4.98. The summed E-state index contributed by atoms with van der Waals surface area (Å²) in [4.78, 5) is 13.3. The van der Waals surface area contributed by atoms with Gasteiger partial charge in [0.15, 0.2) is 5.60 Å². The zero-order valence-electron chi connectivity index (χ0n) is 16.1. The second kappa shape index (κ2) is 7.35. The van der Waals surface area contributed by atoms with Crippen LogP contribution < -0.4 is 10.1 Å². The number of carbonyl (C=O) groups is 1. The average molecular weight is 421 g/mol. The smallest absolute Gasteiger partial charge is 0.339 e. The molecule has 0 saturated carbocycles. The molecule has 0 radical (unpaired) electrons. The fourth-order valence-electron chi connectivity index (χ4n) is 3.73. The van der Waals surface area contributed by atoms with Crippen molar-refractivity contribution in [2.24, 2.45) is 0 Å². The van der Waals surface area contributed by atoms with Crippen molar-refractivity contribution in [1.29, 1.82) is 0 Å². The maximum absolute atomic E-state index is 12.7. The van der Waals surface area contributed by atoms with Crippen molar-refractivity contribution >= 4 is 23.2 Å². The molecular weight excluding hydrogens is 402 g/mol. The molecule has 6 nitrogen and oxygen atoms in total. The Balaban J connectivity index is 1.97. The van der Waals surface area contributed by atoms with Gasteiger partial charge in [0.2, 0.25) is 0 Å². The molecule has 0 amide bonds. The first kappa shape index (κ1) is 19.7. The lowest BCUT2D eigenvalue weighted by atomic mass is 9.75. The van der Waals surface area contributed by atoms with Crippen LogP contribution in [0.25, 0.3) is 0 Å². The summed E-state index contributed by atoms with van der Waals surface area (Å²) in [5.74, 6) is 0.114. The molecule has 7 heteroatoms. The number of aliphatic hydroxyl groups is 1. The Hall–Kier alpha value is -3.58. The summed E-state index contributed by atoms with van der Waals surface area (Å²) in [6.45, 7) is 5.68. The molecule has 1 fully saturated rings. The van der Waals surface area contributed by atoms with Crippen molar-refractivity contribution in [3.8, 4) is 11.5 Å². The Morgan fingerprint density at radius 3 is 2.90 bits per heavy atom. The van der Waals surface area contributed by atoms with Crippen LogP contribution in [0.5, 0.6) is 11.5 Å². The predicted molar refractivity (Wildman–Crippen MR) is 116 cm³/mol. The van der Waals surface area contributed by atoms with E-state index in [0.717, 1.165) is 0 Å². The van der Waals surface area contributed by atoms with Crippen LogP contribution in [0.4, 0.5) is 0 Å². The largest absolute Gasteiger partial charge is 0.508 e. The molecule has 2 heterocycles. The minimum Gasteiger partial charge on any atom is -0.508 e. The molecule has 0 aromatic heterocycles. The molecule has 3 aliphatic rings. The van der Waals surface area contributed by atoms with Gasteiger partial charge in [-0.15, -0.1) is 0 Å². The van der Waals surface area contributed by atoms with E-state index in [1.165, 1.54) is 18.2 Å². The molecule has 1 saturated heterocycles. The van der Waals surface area contributed by atoms with Crippen molar-refractivity contribution in [3.63, 3.8) is 0 Å². The van der Waals surface area contributed by atoms with Crippen molar-refractivity contribution in [1.82, 2.24) is 5.32 Å². The molecule has 152 valence electrons. The second-order valence-corrected chi connectivity index (χ2v) is 7.58. The van der Waals surface area contributed by atoms with Gasteiger partial charge >= 0.3 is 5.97 Å². The highest BCUT2D eigenvalue weighted by atomic mass is 32.1. The lowest BCUT2D eigenvalue weighted by Crippen LogP contribution is -2.36. The molecular formula is C23H19NO5S. The quantitative estimate of drug-likeness (QED) is 0.376. The van der Waals surface area contributed by atoms with E-state index in [1.54, 1.807) is 37.4 Å². The zero-order valence-corrected chi connectivity index (χ0v) is 17.0. The Labute approximate surface area is 178 Å². The molecule has 4 rings (SSSR count). The Morgan fingerprint density at radius 1 is 1.33 bits per heavy atom. The Bertz CT molecular complexity index is 1140. The summed E-state index contributed by atoms with van der Waals surface area (Å²) < 4.78 is 11.9. The normalized spacial score (nSPS) is 23.8. The van der Waals surface area contributed by atoms with Crippen molar-refractivity contribution in [2.75, 3.05) is 0 Å². The van der Waals surface area contributed by atoms with E-state index in [4.69, 9.17) is 21.7 Å². The van der Waals surface area contributed by atoms with Crippen LogP contribution in [0, 0.1) is 0 Å². The SMILES string of the molecule is C=C1C(=O)OC2(C3=CCC=C(O)C=C3Oc3cc(O)ccc32)/C1=C/C=C/NC(C)=S. The standard InChI is InChI=1S/C23H19NO5S/c1-13-17(7-4-10-24-14(2)30)23(29-22(13)27)18-6-3-5-15(25)11-20(18)28-21-12-16(26)8-9-19(21)23/h4-12,25-26H,1,3H2,2H3,(H,24,30)/b10-4+,17-7+. The summed E-state index contributed by atoms with van der Waals surface area (Å²) >= 11 is 5.01. The Morgan fingerprint density at radius 2 is 2.13 bits per heavy atom. The highest BCUT2D eigenvalue weighted by Crippen LogP contribution is 2.57. The number of hydrogen-bond donors (Lipinski definition) is 3. The first-order valence-electron chi connectivity index (χ1n) is 9.23. The van der Waals surface area contributed by atoms with E-state index in [-0.39, 0.29) is 17.1 Å². The van der Waals surface area contributed by atoms with Gasteiger partial charge in [0.1, 0.15) is 23.0 Å². The molecule has 1 aliphatic carbocycles. The molecule has 30 heavy (non-hydrogen) atoms. The van der Waals surface area contributed by atoms with Gasteiger partial charge in [-0.2, -0.15) is 0 Å². The molecule has 3 N–H and O–H groups in total. The van der Waals surface area contributed by atoms with Crippen LogP contribution in [0.1, 0.15) is 18.9 Å². The second-order valence-electron chi connectivity index (χ2n) is 6.96. The molecule has 1 unspecified atom stereocenters. The number of ether oxygens (including phenoxy) is 2. The lowest BCUT2D eigenvalue weighted by Gasteiger charge is -2.38. The third kappa shape index (κ3) is 3.13. The van der Waals surface area contributed by atoms with Crippen LogP contribution >= 0.6 is 12.2 Å². The number of nitrogens with one attached hydrogen (secondary N) is 1. The number of thiocarbonyl (C=S) groups is 1. The summed E-state index contributed by atoms with van der Waals surface area (Å²) in [6, 6.07) is 4.61. The summed E-state index contributed by atoms with van der Waals surface area (Å²) in [7, 11) is 0. The highest BCUT2D eigenvalue weighted by molar-refractivity contribution is 7.80. The van der Waals surface area contributed by atoms with Crippen molar-refractivity contribution < 1.29 is 24.5 Å². The summed E-state index contributed by atoms with van der Waals surface area (Å²) in [6.07, 6.45) is 10.4. The van der Waals surface area contributed by atoms with E-state index < -0.39 is 11.6 Å². The molecule has 1 atom stereocenters. The van der Waals surface area contributed by atoms with Crippen molar-refractivity contribution in [2.45, 2.75) is 18.9 Å². The van der Waals surface area contributed by atoms with Crippen LogP contribution in [-0.4, -0.2) is 21.2 Å². The molecule has 1 spiro atoms. The number of esters is 1. The number of carbonyl (C=O) groups excluding carboxylic acids is 1. The van der Waals surface area contributed by atoms with Gasteiger partial charge in [0.25, 0.3) is 0 Å². The van der Waals surface area contributed by atoms with Crippen LogP contribution in [0.15, 0.2) is 89.6 Å².